The van der Waals surface area contributed by atoms with E-state index in [1.165, 1.54) is 7.11 Å². The minimum absolute atomic E-state index is 0.0408. The SMILES string of the molecule is COC(=O)C1Cc2c([nH]c3ccccc23)C(c2ccc(NC(=O)CCCCCNC(=O)CCCCC3SCC4NC(=O)NC43)cc2)N1. The topological polar surface area (TPSA) is 153 Å². The van der Waals surface area contributed by atoms with E-state index in [2.05, 4.69) is 37.6 Å². The molecule has 12 heteroatoms. The Morgan fingerprint density at radius 3 is 2.55 bits per heavy atom. The fourth-order valence-electron chi connectivity index (χ4n) is 6.95. The summed E-state index contributed by atoms with van der Waals surface area (Å²) in [5.74, 6) is 0.696. The Labute approximate surface area is 279 Å². The second-order valence-corrected chi connectivity index (χ2v) is 13.9. The minimum Gasteiger partial charge on any atom is -0.468 e. The molecule has 0 saturated carbocycles. The van der Waals surface area contributed by atoms with Gasteiger partial charge in [0.25, 0.3) is 0 Å². The number of esters is 1. The monoisotopic (exact) mass is 660 g/mol. The van der Waals surface area contributed by atoms with Crippen LogP contribution >= 0.6 is 11.8 Å². The Morgan fingerprint density at radius 1 is 0.936 bits per heavy atom. The quantitative estimate of drug-likeness (QED) is 0.0857. The average Bonchev–Trinajstić information content (AvgIpc) is 3.76. The van der Waals surface area contributed by atoms with Gasteiger partial charge in [0.15, 0.2) is 0 Å². The highest BCUT2D eigenvalue weighted by Crippen LogP contribution is 2.36. The molecule has 0 bridgehead atoms. The van der Waals surface area contributed by atoms with Crippen LogP contribution in [0.3, 0.4) is 0 Å². The molecule has 3 aromatic rings. The van der Waals surface area contributed by atoms with E-state index in [0.717, 1.165) is 77.7 Å². The second kappa shape index (κ2) is 15.2. The van der Waals surface area contributed by atoms with Crippen molar-refractivity contribution in [3.05, 3.63) is 65.4 Å². The lowest BCUT2D eigenvalue weighted by Gasteiger charge is -2.30. The molecule has 1 aromatic heterocycles. The summed E-state index contributed by atoms with van der Waals surface area (Å²) >= 11 is 1.90. The van der Waals surface area contributed by atoms with Crippen LogP contribution in [0.2, 0.25) is 0 Å². The van der Waals surface area contributed by atoms with E-state index in [4.69, 9.17) is 4.74 Å². The van der Waals surface area contributed by atoms with Crippen molar-refractivity contribution in [1.29, 1.82) is 0 Å². The van der Waals surface area contributed by atoms with Crippen LogP contribution in [0, 0.1) is 0 Å². The average molecular weight is 661 g/mol. The Balaban J connectivity index is 0.880. The number of methoxy groups -OCH3 is 1. The maximum Gasteiger partial charge on any atom is 0.323 e. The highest BCUT2D eigenvalue weighted by molar-refractivity contribution is 8.00. The first-order valence-electron chi connectivity index (χ1n) is 16.7. The Bertz CT molecular complexity index is 1590. The summed E-state index contributed by atoms with van der Waals surface area (Å²) in [6.45, 7) is 0.617. The van der Waals surface area contributed by atoms with Crippen LogP contribution in [0.15, 0.2) is 48.5 Å². The van der Waals surface area contributed by atoms with Crippen LogP contribution in [-0.2, 0) is 25.5 Å². The number of hydrogen-bond acceptors (Lipinski definition) is 7. The smallest absolute Gasteiger partial charge is 0.323 e. The standard InChI is InChI=1S/C35H44N6O5S/c1-46-34(44)26-19-24-23-9-4-5-10-25(23)38-32(24)31(39-26)21-14-16-22(17-15-21)37-30(43)13-3-2-8-18-36-29(42)12-7-6-11-28-33-27(20-47-28)40-35(45)41-33/h4-5,9-10,14-17,26-28,31,33,38-39H,2-3,6-8,11-13,18-20H2,1H3,(H,36,42)(H,37,43)(H2,40,41,45). The fraction of sp³-hybridized carbons (Fsp3) is 0.486. The van der Waals surface area contributed by atoms with Crippen LogP contribution in [0.1, 0.15) is 74.2 Å². The molecular formula is C35H44N6O5S. The molecule has 5 unspecified atom stereocenters. The number of hydrogen-bond donors (Lipinski definition) is 6. The number of nitrogens with one attached hydrogen (secondary N) is 6. The van der Waals surface area contributed by atoms with Crippen molar-refractivity contribution in [3.8, 4) is 0 Å². The lowest BCUT2D eigenvalue weighted by Crippen LogP contribution is -2.45. The lowest BCUT2D eigenvalue weighted by molar-refractivity contribution is -0.143. The number of fused-ring (bicyclic) bond motifs is 4. The maximum atomic E-state index is 12.6. The molecule has 11 nitrogen and oxygen atoms in total. The van der Waals surface area contributed by atoms with E-state index in [0.29, 0.717) is 31.1 Å². The molecule has 250 valence electrons. The van der Waals surface area contributed by atoms with Crippen molar-refractivity contribution >= 4 is 52.2 Å². The number of ether oxygens (including phenoxy) is 1. The molecular weight excluding hydrogens is 616 g/mol. The molecule has 6 rings (SSSR count). The number of para-hydroxylation sites is 1. The Morgan fingerprint density at radius 2 is 1.72 bits per heavy atom. The van der Waals surface area contributed by atoms with Crippen LogP contribution in [-0.4, -0.2) is 71.6 Å². The van der Waals surface area contributed by atoms with Crippen molar-refractivity contribution < 1.29 is 23.9 Å². The molecule has 0 aliphatic carbocycles. The molecule has 3 aliphatic rings. The number of unbranched alkanes of at least 4 members (excludes halogenated alkanes) is 3. The van der Waals surface area contributed by atoms with Crippen molar-refractivity contribution in [2.75, 3.05) is 24.7 Å². The highest BCUT2D eigenvalue weighted by atomic mass is 32.2. The molecule has 0 spiro atoms. The predicted molar refractivity (Wildman–Crippen MR) is 183 cm³/mol. The number of H-pyrrole nitrogens is 1. The van der Waals surface area contributed by atoms with Gasteiger partial charge in [0.2, 0.25) is 11.8 Å². The Hall–Kier alpha value is -4.03. The van der Waals surface area contributed by atoms with Crippen LogP contribution in [0.5, 0.6) is 0 Å². The minimum atomic E-state index is -0.458. The zero-order valence-electron chi connectivity index (χ0n) is 26.7. The van der Waals surface area contributed by atoms with Crippen LogP contribution < -0.4 is 26.6 Å². The summed E-state index contributed by atoms with van der Waals surface area (Å²) in [6, 6.07) is 15.5. The predicted octanol–water partition coefficient (Wildman–Crippen LogP) is 4.29. The van der Waals surface area contributed by atoms with Gasteiger partial charge in [-0.2, -0.15) is 11.8 Å². The van der Waals surface area contributed by atoms with Gasteiger partial charge in [-0.25, -0.2) is 4.79 Å². The fourth-order valence-corrected chi connectivity index (χ4v) is 8.49. The van der Waals surface area contributed by atoms with E-state index in [1.807, 2.05) is 54.2 Å². The largest absolute Gasteiger partial charge is 0.468 e. The number of rotatable bonds is 14. The number of carbonyl (C=O) groups is 4. The summed E-state index contributed by atoms with van der Waals surface area (Å²) in [5.41, 5.74) is 4.89. The second-order valence-electron chi connectivity index (χ2n) is 12.6. The zero-order valence-corrected chi connectivity index (χ0v) is 27.5. The molecule has 2 aromatic carbocycles. The van der Waals surface area contributed by atoms with Gasteiger partial charge in [0.05, 0.1) is 25.2 Å². The number of aromatic amines is 1. The number of aromatic nitrogens is 1. The normalized spacial score (nSPS) is 23.0. The molecule has 4 amide bonds. The van der Waals surface area contributed by atoms with Crippen molar-refractivity contribution in [1.82, 2.24) is 26.3 Å². The summed E-state index contributed by atoms with van der Waals surface area (Å²) in [5, 5.41) is 16.9. The third-order valence-electron chi connectivity index (χ3n) is 9.41. The molecule has 5 atom stereocenters. The molecule has 2 fully saturated rings. The number of thioether (sulfide) groups is 1. The highest BCUT2D eigenvalue weighted by Gasteiger charge is 2.42. The first-order valence-corrected chi connectivity index (χ1v) is 17.7. The zero-order chi connectivity index (χ0) is 32.8. The van der Waals surface area contributed by atoms with E-state index in [9.17, 15) is 19.2 Å². The van der Waals surface area contributed by atoms with Crippen molar-refractivity contribution in [2.24, 2.45) is 0 Å². The summed E-state index contributed by atoms with van der Waals surface area (Å²) in [4.78, 5) is 52.4. The van der Waals surface area contributed by atoms with Gasteiger partial charge >= 0.3 is 12.0 Å². The van der Waals surface area contributed by atoms with E-state index in [-0.39, 0.29) is 41.9 Å². The summed E-state index contributed by atoms with van der Waals surface area (Å²) in [6.07, 6.45) is 6.74. The van der Waals surface area contributed by atoms with Crippen molar-refractivity contribution in [3.63, 3.8) is 0 Å². The van der Waals surface area contributed by atoms with E-state index < -0.39 is 6.04 Å². The molecule has 6 N–H and O–H groups in total. The number of amides is 4. The van der Waals surface area contributed by atoms with E-state index >= 15 is 0 Å². The van der Waals surface area contributed by atoms with Gasteiger partial charge in [-0.3, -0.25) is 19.7 Å². The van der Waals surface area contributed by atoms with Gasteiger partial charge in [0, 0.05) is 59.1 Å². The van der Waals surface area contributed by atoms with Gasteiger partial charge < -0.3 is 31.0 Å². The molecule has 4 heterocycles. The van der Waals surface area contributed by atoms with Crippen LogP contribution in [0.25, 0.3) is 10.9 Å². The third kappa shape index (κ3) is 7.93. The third-order valence-corrected chi connectivity index (χ3v) is 10.9. The van der Waals surface area contributed by atoms with Crippen molar-refractivity contribution in [2.45, 2.75) is 87.2 Å². The summed E-state index contributed by atoms with van der Waals surface area (Å²) < 4.78 is 5.06. The summed E-state index contributed by atoms with van der Waals surface area (Å²) in [7, 11) is 1.41. The molecule has 2 saturated heterocycles. The molecule has 47 heavy (non-hydrogen) atoms. The van der Waals surface area contributed by atoms with Gasteiger partial charge in [-0.05, 0) is 55.0 Å². The number of carbonyl (C=O) groups excluding carboxylic acids is 4. The number of urea groups is 1. The number of anilines is 1. The first kappa shape index (κ1) is 32.9. The lowest BCUT2D eigenvalue weighted by atomic mass is 9.90. The first-order chi connectivity index (χ1) is 22.9. The van der Waals surface area contributed by atoms with Gasteiger partial charge in [0.1, 0.15) is 6.04 Å². The maximum absolute atomic E-state index is 12.6. The number of benzene rings is 2. The Kier molecular flexibility index (Phi) is 10.7. The van der Waals surface area contributed by atoms with E-state index in [1.54, 1.807) is 0 Å². The molecule has 0 radical (unpaired) electrons. The van der Waals surface area contributed by atoms with Gasteiger partial charge in [-0.1, -0.05) is 43.2 Å². The van der Waals surface area contributed by atoms with Gasteiger partial charge in [-0.15, -0.1) is 0 Å². The van der Waals surface area contributed by atoms with Crippen LogP contribution in [0.4, 0.5) is 10.5 Å². The molecule has 3 aliphatic heterocycles.